The van der Waals surface area contributed by atoms with Gasteiger partial charge < -0.3 is 9.73 Å². The molecule has 156 valence electrons. The molecule has 0 spiro atoms. The largest absolute Gasteiger partial charge is 0.459 e. The number of hydrogen-bond donors (Lipinski definition) is 1. The lowest BCUT2D eigenvalue weighted by Gasteiger charge is -2.15. The maximum Gasteiger partial charge on any atom is 0.251 e. The number of halogens is 1. The van der Waals surface area contributed by atoms with Gasteiger partial charge in [-0.3, -0.25) is 4.79 Å². The van der Waals surface area contributed by atoms with Gasteiger partial charge in [-0.1, -0.05) is 0 Å². The Morgan fingerprint density at radius 3 is 2.30 bits per heavy atom. The third-order valence-electron chi connectivity index (χ3n) is 5.03. The lowest BCUT2D eigenvalue weighted by atomic mass is 10.2. The molecule has 30 heavy (non-hydrogen) atoms. The first-order chi connectivity index (χ1) is 14.4. The van der Waals surface area contributed by atoms with E-state index in [0.717, 1.165) is 18.4 Å². The highest BCUT2D eigenvalue weighted by Crippen LogP contribution is 2.23. The Bertz CT molecular complexity index is 1130. The fraction of sp³-hybridized carbons (Fsp3) is 0.227. The Morgan fingerprint density at radius 2 is 1.63 bits per heavy atom. The summed E-state index contributed by atoms with van der Waals surface area (Å²) in [4.78, 5) is 12.6. The standard InChI is InChI=1S/C22H21FN2O4S/c23-18-7-3-16(4-8-18)21-12-9-19(29-21)15-24-22(26)17-5-10-20(11-6-17)30(27,28)25-13-1-2-14-25/h3-12H,1-2,13-15H2,(H,24,26). The smallest absolute Gasteiger partial charge is 0.251 e. The quantitative estimate of drug-likeness (QED) is 0.648. The highest BCUT2D eigenvalue weighted by atomic mass is 32.2. The van der Waals surface area contributed by atoms with Crippen LogP contribution in [0.3, 0.4) is 0 Å². The van der Waals surface area contributed by atoms with Crippen molar-refractivity contribution in [3.8, 4) is 11.3 Å². The second kappa shape index (κ2) is 8.41. The van der Waals surface area contributed by atoms with Crippen molar-refractivity contribution in [1.82, 2.24) is 9.62 Å². The zero-order valence-corrected chi connectivity index (χ0v) is 17.0. The molecule has 4 rings (SSSR count). The number of carbonyl (C=O) groups excluding carboxylic acids is 1. The van der Waals surface area contributed by atoms with Gasteiger partial charge in [0, 0.05) is 24.2 Å². The van der Waals surface area contributed by atoms with Gasteiger partial charge in [0.05, 0.1) is 11.4 Å². The fourth-order valence-corrected chi connectivity index (χ4v) is 4.88. The third-order valence-corrected chi connectivity index (χ3v) is 6.95. The van der Waals surface area contributed by atoms with Crippen molar-refractivity contribution >= 4 is 15.9 Å². The van der Waals surface area contributed by atoms with Gasteiger partial charge in [0.15, 0.2) is 0 Å². The summed E-state index contributed by atoms with van der Waals surface area (Å²) in [6.45, 7) is 1.25. The number of sulfonamides is 1. The molecule has 1 saturated heterocycles. The number of amides is 1. The van der Waals surface area contributed by atoms with Crippen LogP contribution in [0.2, 0.25) is 0 Å². The predicted molar refractivity (Wildman–Crippen MR) is 110 cm³/mol. The minimum Gasteiger partial charge on any atom is -0.459 e. The number of rotatable bonds is 6. The normalized spacial score (nSPS) is 14.7. The number of furan rings is 1. The molecule has 0 aliphatic carbocycles. The number of nitrogens with zero attached hydrogens (tertiary/aromatic N) is 1. The zero-order valence-electron chi connectivity index (χ0n) is 16.2. The van der Waals surface area contributed by atoms with Crippen molar-refractivity contribution in [3.05, 3.63) is 77.8 Å². The second-order valence-electron chi connectivity index (χ2n) is 7.09. The maximum absolute atomic E-state index is 13.0. The molecule has 2 aromatic carbocycles. The summed E-state index contributed by atoms with van der Waals surface area (Å²) in [6.07, 6.45) is 1.74. The van der Waals surface area contributed by atoms with Crippen molar-refractivity contribution in [2.45, 2.75) is 24.3 Å². The van der Waals surface area contributed by atoms with E-state index in [-0.39, 0.29) is 23.2 Å². The molecular formula is C22H21FN2O4S. The van der Waals surface area contributed by atoms with E-state index in [0.29, 0.717) is 30.2 Å². The van der Waals surface area contributed by atoms with Crippen molar-refractivity contribution in [2.24, 2.45) is 0 Å². The second-order valence-corrected chi connectivity index (χ2v) is 9.03. The van der Waals surface area contributed by atoms with Crippen LogP contribution in [0, 0.1) is 5.82 Å². The highest BCUT2D eigenvalue weighted by molar-refractivity contribution is 7.89. The number of hydrogen-bond acceptors (Lipinski definition) is 4. The highest BCUT2D eigenvalue weighted by Gasteiger charge is 2.27. The predicted octanol–water partition coefficient (Wildman–Crippen LogP) is 3.80. The number of nitrogens with one attached hydrogen (secondary N) is 1. The Morgan fingerprint density at radius 1 is 0.967 bits per heavy atom. The molecule has 1 amide bonds. The van der Waals surface area contributed by atoms with Gasteiger partial charge in [-0.05, 0) is 73.5 Å². The Labute approximate surface area is 174 Å². The van der Waals surface area contributed by atoms with E-state index in [9.17, 15) is 17.6 Å². The molecule has 0 saturated carbocycles. The van der Waals surface area contributed by atoms with E-state index in [2.05, 4.69) is 5.32 Å². The molecule has 1 N–H and O–H groups in total. The molecule has 3 aromatic rings. The average molecular weight is 428 g/mol. The van der Waals surface area contributed by atoms with E-state index in [1.807, 2.05) is 0 Å². The van der Waals surface area contributed by atoms with Gasteiger partial charge in [0.2, 0.25) is 10.0 Å². The van der Waals surface area contributed by atoms with Gasteiger partial charge in [0.1, 0.15) is 17.3 Å². The fourth-order valence-electron chi connectivity index (χ4n) is 3.37. The Kier molecular flexibility index (Phi) is 5.69. The van der Waals surface area contributed by atoms with E-state index in [1.165, 1.54) is 40.7 Å². The van der Waals surface area contributed by atoms with Crippen LogP contribution in [0.1, 0.15) is 29.0 Å². The molecule has 2 heterocycles. The summed E-state index contributed by atoms with van der Waals surface area (Å²) in [6, 6.07) is 15.4. The van der Waals surface area contributed by atoms with Crippen LogP contribution in [0.5, 0.6) is 0 Å². The molecule has 1 fully saturated rings. The van der Waals surface area contributed by atoms with E-state index in [4.69, 9.17) is 4.42 Å². The van der Waals surface area contributed by atoms with Crippen LogP contribution >= 0.6 is 0 Å². The lowest BCUT2D eigenvalue weighted by Crippen LogP contribution is -2.28. The Balaban J connectivity index is 1.38. The third kappa shape index (κ3) is 4.29. The summed E-state index contributed by atoms with van der Waals surface area (Å²) < 4.78 is 45.3. The van der Waals surface area contributed by atoms with E-state index >= 15 is 0 Å². The van der Waals surface area contributed by atoms with Crippen LogP contribution in [0.4, 0.5) is 4.39 Å². The van der Waals surface area contributed by atoms with Gasteiger partial charge in [-0.2, -0.15) is 4.31 Å². The van der Waals surface area contributed by atoms with Crippen LogP contribution < -0.4 is 5.32 Å². The van der Waals surface area contributed by atoms with Crippen molar-refractivity contribution in [3.63, 3.8) is 0 Å². The molecule has 1 aromatic heterocycles. The number of benzene rings is 2. The Hall–Kier alpha value is -2.97. The zero-order chi connectivity index (χ0) is 21.1. The summed E-state index contributed by atoms with van der Waals surface area (Å²) >= 11 is 0. The van der Waals surface area contributed by atoms with Crippen molar-refractivity contribution in [2.75, 3.05) is 13.1 Å². The topological polar surface area (TPSA) is 79.6 Å². The molecule has 0 bridgehead atoms. The first-order valence-corrected chi connectivity index (χ1v) is 11.1. The molecule has 1 aliphatic rings. The molecule has 1 aliphatic heterocycles. The van der Waals surface area contributed by atoms with Gasteiger partial charge in [0.25, 0.3) is 5.91 Å². The minimum absolute atomic E-state index is 0.174. The van der Waals surface area contributed by atoms with Crippen LogP contribution in [0.25, 0.3) is 11.3 Å². The maximum atomic E-state index is 13.0. The van der Waals surface area contributed by atoms with E-state index in [1.54, 1.807) is 24.3 Å². The molecule has 8 heteroatoms. The summed E-state index contributed by atoms with van der Waals surface area (Å²) in [5.74, 6) is 0.475. The molecule has 0 unspecified atom stereocenters. The molecule has 0 radical (unpaired) electrons. The average Bonchev–Trinajstić information content (AvgIpc) is 3.45. The molecule has 0 atom stereocenters. The van der Waals surface area contributed by atoms with Crippen LogP contribution in [-0.2, 0) is 16.6 Å². The number of carbonyl (C=O) groups is 1. The SMILES string of the molecule is O=C(NCc1ccc(-c2ccc(F)cc2)o1)c1ccc(S(=O)(=O)N2CCCC2)cc1. The van der Waals surface area contributed by atoms with Crippen LogP contribution in [-0.4, -0.2) is 31.7 Å². The van der Waals surface area contributed by atoms with Crippen molar-refractivity contribution in [1.29, 1.82) is 0 Å². The minimum atomic E-state index is -3.50. The molecule has 6 nitrogen and oxygen atoms in total. The summed E-state index contributed by atoms with van der Waals surface area (Å²) in [7, 11) is -3.50. The van der Waals surface area contributed by atoms with Crippen molar-refractivity contribution < 1.29 is 22.0 Å². The van der Waals surface area contributed by atoms with Gasteiger partial charge in [-0.25, -0.2) is 12.8 Å². The summed E-state index contributed by atoms with van der Waals surface area (Å²) in [5.41, 5.74) is 1.10. The first-order valence-electron chi connectivity index (χ1n) is 9.66. The molecular weight excluding hydrogens is 407 g/mol. The summed E-state index contributed by atoms with van der Waals surface area (Å²) in [5, 5.41) is 2.75. The lowest BCUT2D eigenvalue weighted by molar-refractivity contribution is 0.0948. The van der Waals surface area contributed by atoms with Gasteiger partial charge >= 0.3 is 0 Å². The van der Waals surface area contributed by atoms with Crippen LogP contribution in [0.15, 0.2) is 70.0 Å². The van der Waals surface area contributed by atoms with Gasteiger partial charge in [-0.15, -0.1) is 0 Å². The first kappa shape index (κ1) is 20.3. The van der Waals surface area contributed by atoms with E-state index < -0.39 is 10.0 Å². The monoisotopic (exact) mass is 428 g/mol.